The number of hydrogen-bond acceptors (Lipinski definition) is 6. The first-order valence-electron chi connectivity index (χ1n) is 10.2. The van der Waals surface area contributed by atoms with Crippen LogP contribution in [0.5, 0.6) is 5.75 Å². The average Bonchev–Trinajstić information content (AvgIpc) is 3.10. The van der Waals surface area contributed by atoms with Gasteiger partial charge >= 0.3 is 0 Å². The summed E-state index contributed by atoms with van der Waals surface area (Å²) in [5.74, 6) is 0.751. The van der Waals surface area contributed by atoms with Gasteiger partial charge < -0.3 is 14.8 Å². The van der Waals surface area contributed by atoms with E-state index in [2.05, 4.69) is 14.9 Å². The number of aliphatic hydroxyl groups is 1. The highest BCUT2D eigenvalue weighted by Crippen LogP contribution is 2.49. The minimum Gasteiger partial charge on any atom is -0.497 e. The molecular weight excluding hydrogens is 416 g/mol. The minimum atomic E-state index is -3.26. The number of benzene rings is 1. The molecule has 2 N–H and O–H groups in total. The van der Waals surface area contributed by atoms with Crippen LogP contribution in [-0.4, -0.2) is 72.3 Å². The number of aliphatic hydroxyl groups excluding tert-OH is 1. The van der Waals surface area contributed by atoms with Crippen molar-refractivity contribution in [2.24, 2.45) is 0 Å². The van der Waals surface area contributed by atoms with E-state index in [4.69, 9.17) is 4.74 Å². The Balaban J connectivity index is 1.63. The van der Waals surface area contributed by atoms with Crippen LogP contribution in [0.2, 0.25) is 0 Å². The highest BCUT2D eigenvalue weighted by Gasteiger charge is 2.54. The van der Waals surface area contributed by atoms with E-state index in [0.717, 1.165) is 33.5 Å². The first-order chi connectivity index (χ1) is 14.8. The van der Waals surface area contributed by atoms with Crippen molar-refractivity contribution in [3.8, 4) is 5.75 Å². The molecule has 1 aromatic carbocycles. The van der Waals surface area contributed by atoms with E-state index in [1.54, 1.807) is 19.5 Å². The van der Waals surface area contributed by atoms with Crippen molar-refractivity contribution in [3.05, 3.63) is 59.5 Å². The Morgan fingerprint density at radius 3 is 2.61 bits per heavy atom. The van der Waals surface area contributed by atoms with Crippen molar-refractivity contribution in [2.45, 2.75) is 18.0 Å². The summed E-state index contributed by atoms with van der Waals surface area (Å²) in [5.41, 5.74) is 3.79. The SMILES string of the molecule is COc1ccc2c3c([nH]c2c1)[C@@H](CO)N(Cc1ccncc1)CC31CN(S(C)(=O)=O)C1. The lowest BCUT2D eigenvalue weighted by Crippen LogP contribution is -2.67. The molecule has 2 aliphatic heterocycles. The van der Waals surface area contributed by atoms with E-state index in [1.165, 1.54) is 10.6 Å². The number of rotatable bonds is 5. The summed E-state index contributed by atoms with van der Waals surface area (Å²) in [6.07, 6.45) is 4.78. The maximum atomic E-state index is 12.2. The first-order valence-corrected chi connectivity index (χ1v) is 12.1. The van der Waals surface area contributed by atoms with Crippen LogP contribution in [0, 0.1) is 0 Å². The van der Waals surface area contributed by atoms with Crippen molar-refractivity contribution in [1.29, 1.82) is 0 Å². The smallest absolute Gasteiger partial charge is 0.211 e. The molecule has 0 aliphatic carbocycles. The zero-order valence-electron chi connectivity index (χ0n) is 17.6. The molecule has 0 unspecified atom stereocenters. The molecule has 2 aromatic heterocycles. The number of aromatic nitrogens is 2. The second-order valence-corrected chi connectivity index (χ2v) is 10.6. The molecule has 31 heavy (non-hydrogen) atoms. The molecule has 3 aromatic rings. The maximum Gasteiger partial charge on any atom is 0.211 e. The van der Waals surface area contributed by atoms with E-state index < -0.39 is 10.0 Å². The molecule has 1 fully saturated rings. The molecule has 0 amide bonds. The monoisotopic (exact) mass is 442 g/mol. The highest BCUT2D eigenvalue weighted by molar-refractivity contribution is 7.88. The zero-order chi connectivity index (χ0) is 21.8. The van der Waals surface area contributed by atoms with Gasteiger partial charge in [-0.05, 0) is 35.4 Å². The molecule has 4 heterocycles. The number of pyridine rings is 1. The number of nitrogens with one attached hydrogen (secondary N) is 1. The lowest BCUT2D eigenvalue weighted by Gasteiger charge is -2.55. The summed E-state index contributed by atoms with van der Waals surface area (Å²) >= 11 is 0. The van der Waals surface area contributed by atoms with Gasteiger partial charge in [-0.25, -0.2) is 12.7 Å². The standard InChI is InChI=1S/C22H26N4O4S/c1-30-16-3-4-17-18(9-16)24-21-19(11-27)25(10-15-5-7-23-8-6-15)12-22(20(17)21)13-26(14-22)31(2,28)29/h3-9,19,24,27H,10-14H2,1-2H3/t19-/m1/s1. The Morgan fingerprint density at radius 2 is 1.97 bits per heavy atom. The van der Waals surface area contributed by atoms with Gasteiger partial charge in [-0.1, -0.05) is 0 Å². The van der Waals surface area contributed by atoms with Gasteiger partial charge in [0.1, 0.15) is 5.75 Å². The number of fused-ring (bicyclic) bond motifs is 4. The van der Waals surface area contributed by atoms with Crippen LogP contribution in [0.25, 0.3) is 10.9 Å². The fourth-order valence-corrected chi connectivity index (χ4v) is 6.09. The van der Waals surface area contributed by atoms with Gasteiger partial charge in [0, 0.05) is 66.7 Å². The molecule has 0 bridgehead atoms. The van der Waals surface area contributed by atoms with Gasteiger partial charge in [0.2, 0.25) is 10.0 Å². The maximum absolute atomic E-state index is 12.2. The Bertz CT molecular complexity index is 1220. The van der Waals surface area contributed by atoms with E-state index in [9.17, 15) is 13.5 Å². The Kier molecular flexibility index (Phi) is 4.82. The minimum absolute atomic E-state index is 0.0338. The molecule has 164 valence electrons. The largest absolute Gasteiger partial charge is 0.497 e. The molecule has 1 atom stereocenters. The van der Waals surface area contributed by atoms with E-state index >= 15 is 0 Å². The van der Waals surface area contributed by atoms with Crippen LogP contribution < -0.4 is 4.74 Å². The summed E-state index contributed by atoms with van der Waals surface area (Å²) in [4.78, 5) is 9.85. The number of H-pyrrole nitrogens is 1. The quantitative estimate of drug-likeness (QED) is 0.623. The molecule has 5 rings (SSSR count). The number of aromatic amines is 1. The molecule has 2 aliphatic rings. The Hall–Kier alpha value is -2.46. The number of nitrogens with zero attached hydrogens (tertiary/aromatic N) is 3. The van der Waals surface area contributed by atoms with Gasteiger partial charge in [0.25, 0.3) is 0 Å². The summed E-state index contributed by atoms with van der Waals surface area (Å²) < 4.78 is 31.3. The van der Waals surface area contributed by atoms with Gasteiger partial charge in [0.05, 0.1) is 26.0 Å². The third-order valence-corrected chi connectivity index (χ3v) is 7.78. The number of sulfonamides is 1. The molecule has 9 heteroatoms. The van der Waals surface area contributed by atoms with E-state index in [-0.39, 0.29) is 18.1 Å². The third kappa shape index (κ3) is 3.32. The van der Waals surface area contributed by atoms with Crippen molar-refractivity contribution >= 4 is 20.9 Å². The third-order valence-electron chi connectivity index (χ3n) is 6.58. The second kappa shape index (κ2) is 7.30. The predicted molar refractivity (Wildman–Crippen MR) is 117 cm³/mol. The van der Waals surface area contributed by atoms with Gasteiger partial charge in [-0.15, -0.1) is 0 Å². The lowest BCUT2D eigenvalue weighted by atomic mass is 9.70. The van der Waals surface area contributed by atoms with Crippen LogP contribution in [0.4, 0.5) is 0 Å². The van der Waals surface area contributed by atoms with Crippen molar-refractivity contribution in [2.75, 3.05) is 39.6 Å². The van der Waals surface area contributed by atoms with Crippen LogP contribution in [0.15, 0.2) is 42.7 Å². The van der Waals surface area contributed by atoms with Crippen molar-refractivity contribution in [1.82, 2.24) is 19.2 Å². The number of methoxy groups -OCH3 is 1. The zero-order valence-corrected chi connectivity index (χ0v) is 18.4. The van der Waals surface area contributed by atoms with Crippen LogP contribution in [-0.2, 0) is 22.0 Å². The summed E-state index contributed by atoms with van der Waals surface area (Å²) in [6, 6.07) is 9.64. The van der Waals surface area contributed by atoms with E-state index in [0.29, 0.717) is 26.2 Å². The highest BCUT2D eigenvalue weighted by atomic mass is 32.2. The summed E-state index contributed by atoms with van der Waals surface area (Å²) in [6.45, 7) is 2.14. The Labute approximate surface area is 181 Å². The second-order valence-electron chi connectivity index (χ2n) is 8.60. The average molecular weight is 443 g/mol. The number of hydrogen-bond donors (Lipinski definition) is 2. The predicted octanol–water partition coefficient (Wildman–Crippen LogP) is 1.63. The van der Waals surface area contributed by atoms with Crippen LogP contribution in [0.1, 0.15) is 22.9 Å². The fraction of sp³-hybridized carbons (Fsp3) is 0.409. The molecular formula is C22H26N4O4S. The van der Waals surface area contributed by atoms with Gasteiger partial charge in [0.15, 0.2) is 0 Å². The van der Waals surface area contributed by atoms with Gasteiger partial charge in [-0.3, -0.25) is 9.88 Å². The van der Waals surface area contributed by atoms with E-state index in [1.807, 2.05) is 30.3 Å². The molecule has 1 saturated heterocycles. The molecule has 1 spiro atoms. The fourth-order valence-electron chi connectivity index (χ4n) is 5.12. The van der Waals surface area contributed by atoms with Gasteiger partial charge in [-0.2, -0.15) is 0 Å². The lowest BCUT2D eigenvalue weighted by molar-refractivity contribution is 0.0260. The van der Waals surface area contributed by atoms with Crippen molar-refractivity contribution < 1.29 is 18.3 Å². The van der Waals surface area contributed by atoms with Crippen molar-refractivity contribution in [3.63, 3.8) is 0 Å². The normalized spacial score (nSPS) is 21.2. The first kappa shape index (κ1) is 20.4. The molecule has 0 saturated carbocycles. The Morgan fingerprint density at radius 1 is 1.23 bits per heavy atom. The topological polar surface area (TPSA) is 98.8 Å². The van der Waals surface area contributed by atoms with Crippen LogP contribution in [0.3, 0.4) is 0 Å². The number of ether oxygens (including phenoxy) is 1. The van der Waals surface area contributed by atoms with Crippen LogP contribution >= 0.6 is 0 Å². The molecule has 8 nitrogen and oxygen atoms in total. The summed E-state index contributed by atoms with van der Waals surface area (Å²) in [5, 5.41) is 11.4. The summed E-state index contributed by atoms with van der Waals surface area (Å²) in [7, 11) is -1.63. The molecule has 0 radical (unpaired) electrons.